The molecule has 7 heteroatoms. The van der Waals surface area contributed by atoms with Crippen molar-refractivity contribution in [2.24, 2.45) is 0 Å². The summed E-state index contributed by atoms with van der Waals surface area (Å²) in [5.74, 6) is 3.47. The van der Waals surface area contributed by atoms with Gasteiger partial charge in [0.15, 0.2) is 5.82 Å². The largest absolute Gasteiger partial charge is 0.339 e. The minimum absolute atomic E-state index is 0.208. The Bertz CT molecular complexity index is 837. The van der Waals surface area contributed by atoms with Gasteiger partial charge in [0.2, 0.25) is 5.89 Å². The van der Waals surface area contributed by atoms with Crippen LogP contribution in [-0.4, -0.2) is 29.9 Å². The molecule has 1 unspecified atom stereocenters. The molecule has 0 radical (unpaired) electrons. The maximum atomic E-state index is 5.49. The Balaban J connectivity index is 1.51. The van der Waals surface area contributed by atoms with Crippen LogP contribution in [0.3, 0.4) is 0 Å². The summed E-state index contributed by atoms with van der Waals surface area (Å²) in [5, 5.41) is 8.55. The zero-order valence-electron chi connectivity index (χ0n) is 13.2. The summed E-state index contributed by atoms with van der Waals surface area (Å²) >= 11 is 0. The van der Waals surface area contributed by atoms with Crippen LogP contribution in [0.1, 0.15) is 46.8 Å². The monoisotopic (exact) mass is 310 g/mol. The van der Waals surface area contributed by atoms with E-state index in [1.165, 1.54) is 5.56 Å². The molecular weight excluding hydrogens is 292 g/mol. The number of fused-ring (bicyclic) bond motifs is 1. The van der Waals surface area contributed by atoms with Gasteiger partial charge < -0.3 is 4.52 Å². The van der Waals surface area contributed by atoms with Crippen molar-refractivity contribution < 1.29 is 4.52 Å². The SMILES string of the molecule is Cc1nc2n(n1)CC(c1nc(Cc3cnccc3C)no1)CC2. The number of aromatic nitrogens is 6. The topological polar surface area (TPSA) is 82.5 Å². The molecule has 0 saturated heterocycles. The Morgan fingerprint density at radius 3 is 3.09 bits per heavy atom. The molecular formula is C16H18N6O. The van der Waals surface area contributed by atoms with E-state index in [-0.39, 0.29) is 5.92 Å². The molecule has 0 bridgehead atoms. The first-order valence-corrected chi connectivity index (χ1v) is 7.81. The van der Waals surface area contributed by atoms with Crippen molar-refractivity contribution in [3.63, 3.8) is 0 Å². The third-order valence-corrected chi connectivity index (χ3v) is 4.29. The molecule has 1 aliphatic heterocycles. The molecule has 0 amide bonds. The number of nitrogens with zero attached hydrogens (tertiary/aromatic N) is 6. The van der Waals surface area contributed by atoms with Crippen molar-refractivity contribution in [2.75, 3.05) is 0 Å². The molecule has 4 rings (SSSR count). The quantitative estimate of drug-likeness (QED) is 0.736. The van der Waals surface area contributed by atoms with E-state index in [9.17, 15) is 0 Å². The molecule has 118 valence electrons. The molecule has 0 saturated carbocycles. The molecule has 0 spiro atoms. The number of hydrogen-bond donors (Lipinski definition) is 0. The van der Waals surface area contributed by atoms with Gasteiger partial charge in [-0.25, -0.2) is 9.67 Å². The first kappa shape index (κ1) is 14.0. The van der Waals surface area contributed by atoms with Crippen molar-refractivity contribution in [2.45, 2.75) is 45.6 Å². The molecule has 0 fully saturated rings. The summed E-state index contributed by atoms with van der Waals surface area (Å²) in [5.41, 5.74) is 2.31. The summed E-state index contributed by atoms with van der Waals surface area (Å²) in [4.78, 5) is 13.2. The highest BCUT2D eigenvalue weighted by Crippen LogP contribution is 2.27. The van der Waals surface area contributed by atoms with Gasteiger partial charge in [-0.15, -0.1) is 0 Å². The van der Waals surface area contributed by atoms with Crippen molar-refractivity contribution >= 4 is 0 Å². The fraction of sp³-hybridized carbons (Fsp3) is 0.438. The van der Waals surface area contributed by atoms with E-state index in [4.69, 9.17) is 4.52 Å². The van der Waals surface area contributed by atoms with Crippen LogP contribution < -0.4 is 0 Å². The fourth-order valence-electron chi connectivity index (χ4n) is 2.99. The Morgan fingerprint density at radius 1 is 1.30 bits per heavy atom. The summed E-state index contributed by atoms with van der Waals surface area (Å²) in [6.07, 6.45) is 6.15. The van der Waals surface area contributed by atoms with Gasteiger partial charge in [-0.1, -0.05) is 5.16 Å². The highest BCUT2D eigenvalue weighted by Gasteiger charge is 2.26. The lowest BCUT2D eigenvalue weighted by Crippen LogP contribution is -2.20. The Hall–Kier alpha value is -2.57. The van der Waals surface area contributed by atoms with E-state index in [1.807, 2.05) is 23.9 Å². The minimum Gasteiger partial charge on any atom is -0.339 e. The van der Waals surface area contributed by atoms with Crippen LogP contribution in [0.4, 0.5) is 0 Å². The van der Waals surface area contributed by atoms with Crippen molar-refractivity contribution in [1.29, 1.82) is 0 Å². The maximum Gasteiger partial charge on any atom is 0.231 e. The van der Waals surface area contributed by atoms with E-state index in [1.54, 1.807) is 6.20 Å². The van der Waals surface area contributed by atoms with Gasteiger partial charge in [-0.05, 0) is 37.5 Å². The summed E-state index contributed by atoms with van der Waals surface area (Å²) in [7, 11) is 0. The van der Waals surface area contributed by atoms with E-state index in [0.717, 1.165) is 36.6 Å². The third kappa shape index (κ3) is 2.74. The lowest BCUT2D eigenvalue weighted by Gasteiger charge is -2.18. The zero-order chi connectivity index (χ0) is 15.8. The lowest BCUT2D eigenvalue weighted by molar-refractivity contribution is 0.306. The van der Waals surface area contributed by atoms with E-state index < -0.39 is 0 Å². The normalized spacial score (nSPS) is 17.2. The van der Waals surface area contributed by atoms with Crippen LogP contribution in [0.15, 0.2) is 23.0 Å². The van der Waals surface area contributed by atoms with Crippen molar-refractivity contribution in [1.82, 2.24) is 29.9 Å². The van der Waals surface area contributed by atoms with E-state index >= 15 is 0 Å². The van der Waals surface area contributed by atoms with Gasteiger partial charge in [-0.3, -0.25) is 4.98 Å². The average molecular weight is 310 g/mol. The second kappa shape index (κ2) is 5.57. The molecule has 1 atom stereocenters. The lowest BCUT2D eigenvalue weighted by atomic mass is 10.00. The van der Waals surface area contributed by atoms with Gasteiger partial charge >= 0.3 is 0 Å². The molecule has 23 heavy (non-hydrogen) atoms. The molecule has 0 N–H and O–H groups in total. The summed E-state index contributed by atoms with van der Waals surface area (Å²) in [6, 6.07) is 1.99. The second-order valence-electron chi connectivity index (χ2n) is 6.02. The highest BCUT2D eigenvalue weighted by molar-refractivity contribution is 5.24. The third-order valence-electron chi connectivity index (χ3n) is 4.29. The second-order valence-corrected chi connectivity index (χ2v) is 6.02. The van der Waals surface area contributed by atoms with Gasteiger partial charge in [0.25, 0.3) is 0 Å². The maximum absolute atomic E-state index is 5.49. The minimum atomic E-state index is 0.208. The number of pyridine rings is 1. The smallest absolute Gasteiger partial charge is 0.231 e. The average Bonchev–Trinajstić information content (AvgIpc) is 3.14. The molecule has 1 aliphatic rings. The molecule has 4 heterocycles. The summed E-state index contributed by atoms with van der Waals surface area (Å²) < 4.78 is 7.45. The van der Waals surface area contributed by atoms with Crippen LogP contribution in [0.25, 0.3) is 0 Å². The molecule has 0 aromatic carbocycles. The van der Waals surface area contributed by atoms with Gasteiger partial charge in [0.05, 0.1) is 12.5 Å². The van der Waals surface area contributed by atoms with E-state index in [2.05, 4.69) is 32.1 Å². The number of hydrogen-bond acceptors (Lipinski definition) is 6. The van der Waals surface area contributed by atoms with Gasteiger partial charge in [-0.2, -0.15) is 10.1 Å². The number of rotatable bonds is 3. The highest BCUT2D eigenvalue weighted by atomic mass is 16.5. The van der Waals surface area contributed by atoms with Crippen LogP contribution >= 0.6 is 0 Å². The molecule has 0 aliphatic carbocycles. The first-order chi connectivity index (χ1) is 11.2. The molecule has 3 aromatic heterocycles. The van der Waals surface area contributed by atoms with E-state index in [0.29, 0.717) is 18.1 Å². The van der Waals surface area contributed by atoms with Crippen LogP contribution in [0.2, 0.25) is 0 Å². The summed E-state index contributed by atoms with van der Waals surface area (Å²) in [6.45, 7) is 4.73. The number of aryl methyl sites for hydroxylation is 3. The molecule has 3 aromatic rings. The van der Waals surface area contributed by atoms with Crippen LogP contribution in [0.5, 0.6) is 0 Å². The fourth-order valence-corrected chi connectivity index (χ4v) is 2.99. The van der Waals surface area contributed by atoms with Crippen LogP contribution in [0, 0.1) is 13.8 Å². The van der Waals surface area contributed by atoms with Crippen LogP contribution in [-0.2, 0) is 19.4 Å². The van der Waals surface area contributed by atoms with Gasteiger partial charge in [0.1, 0.15) is 11.6 Å². The first-order valence-electron chi connectivity index (χ1n) is 7.81. The van der Waals surface area contributed by atoms with Crippen molar-refractivity contribution in [3.8, 4) is 0 Å². The Morgan fingerprint density at radius 2 is 2.22 bits per heavy atom. The van der Waals surface area contributed by atoms with Gasteiger partial charge in [0, 0.05) is 25.2 Å². The predicted octanol–water partition coefficient (Wildman–Crippen LogP) is 1.99. The standard InChI is InChI=1S/C16H18N6O/c1-10-5-6-17-8-13(10)7-14-19-16(23-21-14)12-3-4-15-18-11(2)20-22(15)9-12/h5-6,8,12H,3-4,7,9H2,1-2H3. The Kier molecular flexibility index (Phi) is 3.40. The molecule has 7 nitrogen and oxygen atoms in total. The zero-order valence-corrected chi connectivity index (χ0v) is 13.2. The predicted molar refractivity (Wildman–Crippen MR) is 81.9 cm³/mol. The van der Waals surface area contributed by atoms with Crippen molar-refractivity contribution in [3.05, 3.63) is 53.0 Å². The Labute approximate surface area is 133 Å².